The van der Waals surface area contributed by atoms with Gasteiger partial charge in [-0.25, -0.2) is 18.1 Å². The summed E-state index contributed by atoms with van der Waals surface area (Å²) in [5, 5.41) is 3.47. The first-order valence-electron chi connectivity index (χ1n) is 4.34. The molecular weight excluding hydrogens is 288 g/mol. The highest BCUT2D eigenvalue weighted by molar-refractivity contribution is 7.94. The Hall–Kier alpha value is -1.19. The average molecular weight is 295 g/mol. The van der Waals surface area contributed by atoms with Crippen molar-refractivity contribution < 1.29 is 12.9 Å². The Morgan fingerprint density at radius 2 is 2.06 bits per heavy atom. The average Bonchev–Trinajstić information content (AvgIpc) is 2.72. The van der Waals surface area contributed by atoms with E-state index in [0.29, 0.717) is 11.5 Å². The lowest BCUT2D eigenvalue weighted by Gasteiger charge is -2.00. The number of rotatable bonds is 3. The monoisotopic (exact) mass is 294 g/mol. The quantitative estimate of drug-likeness (QED) is 0.923. The molecule has 0 saturated heterocycles. The normalized spacial score (nSPS) is 11.7. The van der Waals surface area contributed by atoms with E-state index < -0.39 is 10.0 Å². The van der Waals surface area contributed by atoms with E-state index in [9.17, 15) is 8.42 Å². The van der Waals surface area contributed by atoms with Crippen molar-refractivity contribution in [3.8, 4) is 0 Å². The minimum absolute atomic E-state index is 0.0263. The van der Waals surface area contributed by atoms with E-state index in [-0.39, 0.29) is 14.7 Å². The number of anilines is 1. The minimum Gasteiger partial charge on any atom is -0.314 e. The fourth-order valence-electron chi connectivity index (χ4n) is 1.10. The summed E-state index contributed by atoms with van der Waals surface area (Å²) in [5.74, 6) is 0.335. The molecule has 2 aromatic heterocycles. The molecule has 7 nitrogen and oxygen atoms in total. The van der Waals surface area contributed by atoms with Gasteiger partial charge in [0.05, 0.1) is 5.69 Å². The van der Waals surface area contributed by atoms with E-state index in [1.807, 2.05) is 0 Å². The predicted octanol–water partition coefficient (Wildman–Crippen LogP) is 1.60. The Bertz CT molecular complexity index is 648. The molecule has 0 aliphatic carbocycles. The van der Waals surface area contributed by atoms with Crippen molar-refractivity contribution in [2.24, 2.45) is 0 Å². The first kappa shape index (κ1) is 12.3. The van der Waals surface area contributed by atoms with Gasteiger partial charge in [-0.3, -0.25) is 0 Å². The van der Waals surface area contributed by atoms with Gasteiger partial charge in [-0.05, 0) is 13.8 Å². The lowest BCUT2D eigenvalue weighted by Crippen LogP contribution is -2.12. The number of nitrogens with zero attached hydrogens (tertiary/aromatic N) is 3. The second-order valence-corrected chi connectivity index (χ2v) is 6.55. The molecular formula is C7H7ClN4O3S2. The molecule has 2 heterocycles. The first-order chi connectivity index (χ1) is 7.88. The molecule has 2 aromatic rings. The van der Waals surface area contributed by atoms with Crippen LogP contribution in [0.2, 0.25) is 4.47 Å². The summed E-state index contributed by atoms with van der Waals surface area (Å²) < 4.78 is 30.8. The number of halogens is 1. The number of hydrogen-bond acceptors (Lipinski definition) is 7. The summed E-state index contributed by atoms with van der Waals surface area (Å²) in [6.45, 7) is 3.13. The molecule has 0 saturated carbocycles. The Morgan fingerprint density at radius 1 is 1.35 bits per heavy atom. The Balaban J connectivity index is 2.34. The van der Waals surface area contributed by atoms with Crippen LogP contribution in [-0.4, -0.2) is 23.5 Å². The van der Waals surface area contributed by atoms with Crippen molar-refractivity contribution in [3.63, 3.8) is 0 Å². The van der Waals surface area contributed by atoms with E-state index in [2.05, 4.69) is 24.4 Å². The summed E-state index contributed by atoms with van der Waals surface area (Å²) in [5.41, 5.74) is 0.323. The molecule has 0 aliphatic heterocycles. The smallest absolute Gasteiger partial charge is 0.314 e. The van der Waals surface area contributed by atoms with Gasteiger partial charge in [0, 0.05) is 0 Å². The maximum atomic E-state index is 11.9. The zero-order valence-corrected chi connectivity index (χ0v) is 11.1. The molecule has 0 fully saturated rings. The van der Waals surface area contributed by atoms with Gasteiger partial charge in [0.15, 0.2) is 14.5 Å². The lowest BCUT2D eigenvalue weighted by atomic mass is 10.6. The van der Waals surface area contributed by atoms with Crippen molar-refractivity contribution in [1.29, 1.82) is 0 Å². The topological polar surface area (TPSA) is 98.0 Å². The van der Waals surface area contributed by atoms with Crippen LogP contribution < -0.4 is 4.72 Å². The molecule has 2 rings (SSSR count). The summed E-state index contributed by atoms with van der Waals surface area (Å²) in [7, 11) is -3.78. The van der Waals surface area contributed by atoms with Crippen LogP contribution in [0.15, 0.2) is 8.73 Å². The molecule has 1 N–H and O–H groups in total. The van der Waals surface area contributed by atoms with Gasteiger partial charge in [0.1, 0.15) is 0 Å². The Kier molecular flexibility index (Phi) is 3.06. The summed E-state index contributed by atoms with van der Waals surface area (Å²) >= 11 is 6.50. The number of nitrogens with one attached hydrogen (secondary N) is 1. The molecule has 0 aliphatic rings. The van der Waals surface area contributed by atoms with E-state index in [0.717, 1.165) is 11.3 Å². The summed E-state index contributed by atoms with van der Waals surface area (Å²) in [6.07, 6.45) is 0. The predicted molar refractivity (Wildman–Crippen MR) is 61.7 cm³/mol. The van der Waals surface area contributed by atoms with Crippen LogP contribution in [0.4, 0.5) is 6.01 Å². The standard InChI is InChI=1S/C7H7ClN4O3S2/c1-3-5(16-6(8)9-3)17(13,14)12-7-10-4(2)11-15-7/h1-2H3,(H,10,11,12). The van der Waals surface area contributed by atoms with Gasteiger partial charge in [-0.1, -0.05) is 28.1 Å². The van der Waals surface area contributed by atoms with Crippen molar-refractivity contribution in [2.75, 3.05) is 4.72 Å². The molecule has 10 heteroatoms. The van der Waals surface area contributed by atoms with Gasteiger partial charge in [0.2, 0.25) is 0 Å². The third-order valence-corrected chi connectivity index (χ3v) is 4.91. The molecule has 0 aromatic carbocycles. The third kappa shape index (κ3) is 2.56. The molecule has 0 atom stereocenters. The molecule has 0 unspecified atom stereocenters. The number of aryl methyl sites for hydroxylation is 2. The van der Waals surface area contributed by atoms with Crippen LogP contribution in [0.25, 0.3) is 0 Å². The van der Waals surface area contributed by atoms with Crippen molar-refractivity contribution in [1.82, 2.24) is 15.1 Å². The first-order valence-corrected chi connectivity index (χ1v) is 7.02. The van der Waals surface area contributed by atoms with Crippen LogP contribution in [0.5, 0.6) is 0 Å². The summed E-state index contributed by atoms with van der Waals surface area (Å²) in [4.78, 5) is 7.56. The molecule has 92 valence electrons. The van der Waals surface area contributed by atoms with E-state index in [4.69, 9.17) is 11.6 Å². The van der Waals surface area contributed by atoms with Crippen LogP contribution in [0, 0.1) is 13.8 Å². The van der Waals surface area contributed by atoms with Crippen LogP contribution in [0.1, 0.15) is 11.5 Å². The highest BCUT2D eigenvalue weighted by atomic mass is 35.5. The maximum Gasteiger partial charge on any atom is 0.335 e. The molecule has 17 heavy (non-hydrogen) atoms. The van der Waals surface area contributed by atoms with Crippen LogP contribution in [0.3, 0.4) is 0 Å². The van der Waals surface area contributed by atoms with E-state index >= 15 is 0 Å². The third-order valence-electron chi connectivity index (χ3n) is 1.72. The second-order valence-electron chi connectivity index (χ2n) is 3.09. The van der Waals surface area contributed by atoms with Gasteiger partial charge in [-0.15, -0.1) is 0 Å². The number of hydrogen-bond donors (Lipinski definition) is 1. The van der Waals surface area contributed by atoms with Crippen molar-refractivity contribution >= 4 is 39.0 Å². The fourth-order valence-corrected chi connectivity index (χ4v) is 3.76. The number of thiazole rings is 1. The van der Waals surface area contributed by atoms with Crippen LogP contribution in [-0.2, 0) is 10.0 Å². The van der Waals surface area contributed by atoms with Gasteiger partial charge < -0.3 is 4.52 Å². The SMILES string of the molecule is Cc1noc(NS(=O)(=O)c2sc(Cl)nc2C)n1. The zero-order chi connectivity index (χ0) is 12.6. The Morgan fingerprint density at radius 3 is 2.53 bits per heavy atom. The molecule has 0 radical (unpaired) electrons. The molecule has 0 amide bonds. The van der Waals surface area contributed by atoms with Crippen molar-refractivity contribution in [3.05, 3.63) is 16.0 Å². The van der Waals surface area contributed by atoms with E-state index in [1.54, 1.807) is 13.8 Å². The van der Waals surface area contributed by atoms with Gasteiger partial charge >= 0.3 is 6.01 Å². The van der Waals surface area contributed by atoms with E-state index in [1.165, 1.54) is 0 Å². The minimum atomic E-state index is -3.78. The van der Waals surface area contributed by atoms with Gasteiger partial charge in [0.25, 0.3) is 10.0 Å². The van der Waals surface area contributed by atoms with Gasteiger partial charge in [-0.2, -0.15) is 4.98 Å². The highest BCUT2D eigenvalue weighted by Crippen LogP contribution is 2.27. The molecule has 0 bridgehead atoms. The van der Waals surface area contributed by atoms with Crippen LogP contribution >= 0.6 is 22.9 Å². The summed E-state index contributed by atoms with van der Waals surface area (Å²) in [6, 6.07) is -0.188. The largest absolute Gasteiger partial charge is 0.335 e. The lowest BCUT2D eigenvalue weighted by molar-refractivity contribution is 0.429. The Labute approximate surface area is 106 Å². The highest BCUT2D eigenvalue weighted by Gasteiger charge is 2.23. The maximum absolute atomic E-state index is 11.9. The number of aromatic nitrogens is 3. The zero-order valence-electron chi connectivity index (χ0n) is 8.76. The fraction of sp³-hybridized carbons (Fsp3) is 0.286. The number of sulfonamides is 1. The molecule has 0 spiro atoms. The van der Waals surface area contributed by atoms with Crippen molar-refractivity contribution in [2.45, 2.75) is 18.1 Å². The second kappa shape index (κ2) is 4.24.